The molecule has 1 heterocycles. The largest absolute Gasteiger partial charge is 0.455 e. The molecule has 0 amide bonds. The van der Waals surface area contributed by atoms with Gasteiger partial charge in [0, 0.05) is 19.3 Å². The van der Waals surface area contributed by atoms with Crippen LogP contribution in [0.1, 0.15) is 27.9 Å². The molecule has 6 nitrogen and oxygen atoms in total. The molecule has 0 N–H and O–H groups in total. The summed E-state index contributed by atoms with van der Waals surface area (Å²) in [5, 5.41) is 18.3. The van der Waals surface area contributed by atoms with Gasteiger partial charge in [-0.15, -0.1) is 0 Å². The highest BCUT2D eigenvalue weighted by molar-refractivity contribution is 5.60. The molecule has 184 valence electrons. The number of hydrogen-bond donors (Lipinski definition) is 0. The first-order chi connectivity index (χ1) is 18.7. The van der Waals surface area contributed by atoms with Gasteiger partial charge in [0.15, 0.2) is 5.75 Å². The Morgan fingerprint density at radius 2 is 1.34 bits per heavy atom. The Bertz CT molecular complexity index is 1580. The smallest absolute Gasteiger partial charge is 0.150 e. The van der Waals surface area contributed by atoms with Gasteiger partial charge in [-0.1, -0.05) is 54.6 Å². The number of ether oxygens (including phenoxy) is 1. The Balaban J connectivity index is 1.46. The van der Waals surface area contributed by atoms with Crippen molar-refractivity contribution in [3.8, 4) is 23.6 Å². The molecule has 0 aliphatic heterocycles. The highest BCUT2D eigenvalue weighted by Gasteiger charge is 2.17. The number of anilines is 1. The third kappa shape index (κ3) is 5.90. The summed E-state index contributed by atoms with van der Waals surface area (Å²) in [6.07, 6.45) is 3.72. The van der Waals surface area contributed by atoms with Crippen LogP contribution < -0.4 is 9.64 Å². The standard InChI is InChI=1S/C32H25N5O/c33-18-25-10-14-27(15-11-25)21-36(31-8-4-5-9-32(31)38-30-6-2-1-3-7-30)23-29-20-35-24-37(29)22-28-16-12-26(19-34)13-17-28/h1-17,20,24H,21-23H2. The van der Waals surface area contributed by atoms with E-state index in [1.54, 1.807) is 0 Å². The minimum absolute atomic E-state index is 0.589. The average molecular weight is 496 g/mol. The molecule has 0 saturated carbocycles. The normalized spacial score (nSPS) is 10.4. The van der Waals surface area contributed by atoms with Crippen molar-refractivity contribution in [2.45, 2.75) is 19.6 Å². The zero-order chi connectivity index (χ0) is 26.2. The Morgan fingerprint density at radius 3 is 2.03 bits per heavy atom. The van der Waals surface area contributed by atoms with Gasteiger partial charge in [0.25, 0.3) is 0 Å². The van der Waals surface area contributed by atoms with E-state index >= 15 is 0 Å². The lowest BCUT2D eigenvalue weighted by atomic mass is 10.1. The van der Waals surface area contributed by atoms with Gasteiger partial charge in [0.05, 0.1) is 47.5 Å². The molecule has 0 aliphatic carbocycles. The van der Waals surface area contributed by atoms with Crippen LogP contribution in [-0.4, -0.2) is 9.55 Å². The molecule has 0 fully saturated rings. The zero-order valence-corrected chi connectivity index (χ0v) is 20.7. The van der Waals surface area contributed by atoms with Crippen molar-refractivity contribution < 1.29 is 4.74 Å². The third-order valence-electron chi connectivity index (χ3n) is 6.22. The summed E-state index contributed by atoms with van der Waals surface area (Å²) < 4.78 is 8.42. The molecule has 0 saturated heterocycles. The van der Waals surface area contributed by atoms with Crippen LogP contribution in [0.2, 0.25) is 0 Å². The number of hydrogen-bond acceptors (Lipinski definition) is 5. The SMILES string of the molecule is N#Cc1ccc(CN(Cc2cncn2Cc2ccc(C#N)cc2)c2ccccc2Oc2ccccc2)cc1. The predicted molar refractivity (Wildman–Crippen MR) is 146 cm³/mol. The second-order valence-corrected chi connectivity index (χ2v) is 8.87. The van der Waals surface area contributed by atoms with Crippen LogP contribution in [0, 0.1) is 22.7 Å². The monoisotopic (exact) mass is 495 g/mol. The average Bonchev–Trinajstić information content (AvgIpc) is 3.40. The van der Waals surface area contributed by atoms with Crippen molar-refractivity contribution in [3.05, 3.63) is 144 Å². The molecule has 38 heavy (non-hydrogen) atoms. The van der Waals surface area contributed by atoms with E-state index in [9.17, 15) is 5.26 Å². The Hall–Kier alpha value is -5.33. The molecule has 6 heteroatoms. The summed E-state index contributed by atoms with van der Waals surface area (Å²) in [5.41, 5.74) is 5.44. The first-order valence-corrected chi connectivity index (χ1v) is 12.3. The number of nitrogens with zero attached hydrogens (tertiary/aromatic N) is 5. The molecule has 0 bridgehead atoms. The summed E-state index contributed by atoms with van der Waals surface area (Å²) in [7, 11) is 0. The predicted octanol–water partition coefficient (Wildman–Crippen LogP) is 6.67. The molecule has 0 unspecified atom stereocenters. The lowest BCUT2D eigenvalue weighted by Gasteiger charge is -2.27. The quantitative estimate of drug-likeness (QED) is 0.228. The fourth-order valence-electron chi connectivity index (χ4n) is 4.25. The van der Waals surface area contributed by atoms with E-state index in [4.69, 9.17) is 10.00 Å². The van der Waals surface area contributed by atoms with E-state index in [1.807, 2.05) is 110 Å². The van der Waals surface area contributed by atoms with Crippen LogP contribution >= 0.6 is 0 Å². The maximum absolute atomic E-state index is 9.21. The summed E-state index contributed by atoms with van der Waals surface area (Å²) >= 11 is 0. The second kappa shape index (κ2) is 11.6. The minimum Gasteiger partial charge on any atom is -0.455 e. The number of imidazole rings is 1. The fourth-order valence-corrected chi connectivity index (χ4v) is 4.25. The minimum atomic E-state index is 0.589. The number of nitriles is 2. The van der Waals surface area contributed by atoms with Crippen molar-refractivity contribution in [1.82, 2.24) is 9.55 Å². The Kier molecular flexibility index (Phi) is 7.44. The fraction of sp³-hybridized carbons (Fsp3) is 0.0938. The lowest BCUT2D eigenvalue weighted by molar-refractivity contribution is 0.480. The van der Waals surface area contributed by atoms with Crippen LogP contribution in [0.5, 0.6) is 11.5 Å². The van der Waals surface area contributed by atoms with E-state index in [-0.39, 0.29) is 0 Å². The first-order valence-electron chi connectivity index (χ1n) is 12.3. The van der Waals surface area contributed by atoms with Gasteiger partial charge in [-0.25, -0.2) is 4.98 Å². The highest BCUT2D eigenvalue weighted by atomic mass is 16.5. The van der Waals surface area contributed by atoms with Crippen LogP contribution in [-0.2, 0) is 19.6 Å². The second-order valence-electron chi connectivity index (χ2n) is 8.87. The molecular formula is C32H25N5O. The van der Waals surface area contributed by atoms with Gasteiger partial charge in [0.2, 0.25) is 0 Å². The van der Waals surface area contributed by atoms with Gasteiger partial charge in [-0.05, 0) is 59.7 Å². The van der Waals surface area contributed by atoms with E-state index in [0.717, 1.165) is 34.0 Å². The summed E-state index contributed by atoms with van der Waals surface area (Å²) in [6.45, 7) is 1.85. The molecule has 0 atom stereocenters. The van der Waals surface area contributed by atoms with Crippen molar-refractivity contribution in [1.29, 1.82) is 10.5 Å². The molecule has 0 radical (unpaired) electrons. The van der Waals surface area contributed by atoms with E-state index in [1.165, 1.54) is 0 Å². The van der Waals surface area contributed by atoms with Crippen molar-refractivity contribution >= 4 is 5.69 Å². The molecule has 0 aliphatic rings. The van der Waals surface area contributed by atoms with E-state index < -0.39 is 0 Å². The maximum atomic E-state index is 9.21. The topological polar surface area (TPSA) is 77.9 Å². The van der Waals surface area contributed by atoms with Crippen LogP contribution in [0.25, 0.3) is 0 Å². The highest BCUT2D eigenvalue weighted by Crippen LogP contribution is 2.34. The van der Waals surface area contributed by atoms with Gasteiger partial charge in [-0.3, -0.25) is 0 Å². The van der Waals surface area contributed by atoms with Crippen molar-refractivity contribution in [3.63, 3.8) is 0 Å². The van der Waals surface area contributed by atoms with Gasteiger partial charge in [-0.2, -0.15) is 10.5 Å². The van der Waals surface area contributed by atoms with Crippen LogP contribution in [0.3, 0.4) is 0 Å². The number of rotatable bonds is 9. The molecule has 5 aromatic rings. The van der Waals surface area contributed by atoms with Crippen molar-refractivity contribution in [2.24, 2.45) is 0 Å². The number of para-hydroxylation sites is 3. The lowest BCUT2D eigenvalue weighted by Crippen LogP contribution is -2.24. The molecule has 1 aromatic heterocycles. The number of aromatic nitrogens is 2. The summed E-state index contributed by atoms with van der Waals surface area (Å²) in [6, 6.07) is 37.4. The molecule has 5 rings (SSSR count). The Labute approximate surface area is 222 Å². The van der Waals surface area contributed by atoms with E-state index in [2.05, 4.69) is 32.7 Å². The van der Waals surface area contributed by atoms with Crippen LogP contribution in [0.15, 0.2) is 116 Å². The van der Waals surface area contributed by atoms with Crippen molar-refractivity contribution in [2.75, 3.05) is 4.90 Å². The summed E-state index contributed by atoms with van der Waals surface area (Å²) in [5.74, 6) is 1.52. The molecule has 4 aromatic carbocycles. The maximum Gasteiger partial charge on any atom is 0.150 e. The molecule has 0 spiro atoms. The van der Waals surface area contributed by atoms with Gasteiger partial charge < -0.3 is 14.2 Å². The third-order valence-corrected chi connectivity index (χ3v) is 6.22. The molecular weight excluding hydrogens is 470 g/mol. The van der Waals surface area contributed by atoms with E-state index in [0.29, 0.717) is 30.8 Å². The first kappa shape index (κ1) is 24.4. The number of benzene rings is 4. The van der Waals surface area contributed by atoms with Crippen LogP contribution in [0.4, 0.5) is 5.69 Å². The Morgan fingerprint density at radius 1 is 0.711 bits per heavy atom. The van der Waals surface area contributed by atoms with Gasteiger partial charge in [0.1, 0.15) is 5.75 Å². The zero-order valence-electron chi connectivity index (χ0n) is 20.7. The summed E-state index contributed by atoms with van der Waals surface area (Å²) in [4.78, 5) is 6.69. The van der Waals surface area contributed by atoms with Gasteiger partial charge >= 0.3 is 0 Å².